The smallest absolute Gasteiger partial charge is 0.246 e. The van der Waals surface area contributed by atoms with E-state index < -0.39 is 0 Å². The second-order valence-corrected chi connectivity index (χ2v) is 7.58. The van der Waals surface area contributed by atoms with Crippen molar-refractivity contribution in [1.82, 2.24) is 19.9 Å². The van der Waals surface area contributed by atoms with Crippen molar-refractivity contribution < 1.29 is 9.59 Å². The fraction of sp³-hybridized carbons (Fsp3) is 0.250. The average Bonchev–Trinajstić information content (AvgIpc) is 3.25. The van der Waals surface area contributed by atoms with Crippen LogP contribution in [0.15, 0.2) is 66.9 Å². The molecule has 0 aliphatic carbocycles. The van der Waals surface area contributed by atoms with Gasteiger partial charge in [-0.1, -0.05) is 35.5 Å². The number of nitrogens with zero attached hydrogens (tertiary/aromatic N) is 5. The zero-order valence-electron chi connectivity index (χ0n) is 17.5. The van der Waals surface area contributed by atoms with Crippen LogP contribution < -0.4 is 4.90 Å². The molecular formula is C24H25N5O2. The van der Waals surface area contributed by atoms with E-state index in [1.165, 1.54) is 0 Å². The van der Waals surface area contributed by atoms with Gasteiger partial charge in [-0.3, -0.25) is 9.59 Å². The predicted octanol–water partition coefficient (Wildman–Crippen LogP) is 2.89. The second-order valence-electron chi connectivity index (χ2n) is 7.58. The molecule has 7 nitrogen and oxygen atoms in total. The van der Waals surface area contributed by atoms with Gasteiger partial charge in [0, 0.05) is 43.5 Å². The molecular weight excluding hydrogens is 390 g/mol. The van der Waals surface area contributed by atoms with Crippen LogP contribution in [0, 0.1) is 0 Å². The number of aromatic nitrogens is 3. The van der Waals surface area contributed by atoms with Crippen LogP contribution in [-0.4, -0.2) is 57.8 Å². The van der Waals surface area contributed by atoms with E-state index >= 15 is 0 Å². The van der Waals surface area contributed by atoms with E-state index in [0.29, 0.717) is 30.9 Å². The maximum Gasteiger partial charge on any atom is 0.246 e. The van der Waals surface area contributed by atoms with Crippen molar-refractivity contribution in [2.75, 3.05) is 31.1 Å². The first-order chi connectivity index (χ1) is 15.1. The number of benzene rings is 2. The molecule has 1 fully saturated rings. The fourth-order valence-electron chi connectivity index (χ4n) is 3.59. The van der Waals surface area contributed by atoms with Crippen LogP contribution in [0.2, 0.25) is 0 Å². The minimum absolute atomic E-state index is 0.0239. The summed E-state index contributed by atoms with van der Waals surface area (Å²) in [6, 6.07) is 17.7. The normalized spacial score (nSPS) is 14.2. The Morgan fingerprint density at radius 2 is 1.68 bits per heavy atom. The fourth-order valence-corrected chi connectivity index (χ4v) is 3.59. The summed E-state index contributed by atoms with van der Waals surface area (Å²) in [6.45, 7) is 5.02. The number of Topliss-reactive ketones (excluding diaryl/α,β-unsaturated/α-hetero) is 1. The summed E-state index contributed by atoms with van der Waals surface area (Å²) >= 11 is 0. The van der Waals surface area contributed by atoms with Crippen LogP contribution in [0.25, 0.3) is 6.08 Å². The lowest BCUT2D eigenvalue weighted by molar-refractivity contribution is -0.126. The molecule has 1 aromatic heterocycles. The number of hydrogen-bond donors (Lipinski definition) is 0. The topological polar surface area (TPSA) is 71.3 Å². The molecule has 0 bridgehead atoms. The van der Waals surface area contributed by atoms with Crippen molar-refractivity contribution in [3.8, 4) is 0 Å². The quantitative estimate of drug-likeness (QED) is 0.457. The maximum absolute atomic E-state index is 12.6. The molecule has 1 amide bonds. The van der Waals surface area contributed by atoms with Crippen molar-refractivity contribution in [3.63, 3.8) is 0 Å². The summed E-state index contributed by atoms with van der Waals surface area (Å²) in [6.07, 6.45) is 5.11. The number of carbonyl (C=O) groups is 2. The highest BCUT2D eigenvalue weighted by atomic mass is 16.2. The summed E-state index contributed by atoms with van der Waals surface area (Å²) < 4.78 is 1.76. The number of rotatable bonds is 6. The van der Waals surface area contributed by atoms with E-state index in [4.69, 9.17) is 0 Å². The third-order valence-corrected chi connectivity index (χ3v) is 5.37. The molecule has 1 saturated heterocycles. The van der Waals surface area contributed by atoms with Gasteiger partial charge in [-0.25, -0.2) is 4.68 Å². The van der Waals surface area contributed by atoms with Crippen molar-refractivity contribution in [2.45, 2.75) is 13.5 Å². The number of ketones is 1. The minimum Gasteiger partial charge on any atom is -0.368 e. The molecule has 7 heteroatoms. The monoisotopic (exact) mass is 415 g/mol. The molecule has 0 N–H and O–H groups in total. The number of hydrogen-bond acceptors (Lipinski definition) is 5. The summed E-state index contributed by atoms with van der Waals surface area (Å²) in [7, 11) is 0. The summed E-state index contributed by atoms with van der Waals surface area (Å²) in [5, 5.41) is 8.25. The Bertz CT molecular complexity index is 1060. The lowest BCUT2D eigenvalue weighted by atomic mass is 10.1. The van der Waals surface area contributed by atoms with Crippen LogP contribution in [0.3, 0.4) is 0 Å². The average molecular weight is 415 g/mol. The summed E-state index contributed by atoms with van der Waals surface area (Å²) in [5.74, 6) is 0.0399. The van der Waals surface area contributed by atoms with Gasteiger partial charge in [0.05, 0.1) is 12.7 Å². The predicted molar refractivity (Wildman–Crippen MR) is 120 cm³/mol. The molecule has 0 radical (unpaired) electrons. The molecule has 2 heterocycles. The Balaban J connectivity index is 1.29. The molecule has 1 aliphatic rings. The van der Waals surface area contributed by atoms with Gasteiger partial charge in [0.2, 0.25) is 5.91 Å². The van der Waals surface area contributed by atoms with Gasteiger partial charge in [-0.2, -0.15) is 0 Å². The third kappa shape index (κ3) is 5.25. The molecule has 2 aromatic carbocycles. The molecule has 0 spiro atoms. The standard InChI is InChI=1S/C24H25N5O2/c1-19(30)21-7-10-23(11-8-21)27-13-15-28(16-14-27)24(31)12-9-22-18-29(26-25-22)17-20-5-3-2-4-6-20/h2-12,18H,13-17H2,1H3/b12-9+. The molecule has 158 valence electrons. The van der Waals surface area contributed by atoms with Gasteiger partial charge in [0.25, 0.3) is 0 Å². The van der Waals surface area contributed by atoms with Crippen LogP contribution in [0.1, 0.15) is 28.5 Å². The summed E-state index contributed by atoms with van der Waals surface area (Å²) in [4.78, 5) is 28.1. The Hall–Kier alpha value is -3.74. The first-order valence-electron chi connectivity index (χ1n) is 10.4. The number of anilines is 1. The van der Waals surface area contributed by atoms with E-state index in [1.807, 2.05) is 65.7 Å². The largest absolute Gasteiger partial charge is 0.368 e. The minimum atomic E-state index is -0.0239. The summed E-state index contributed by atoms with van der Waals surface area (Å²) in [5.41, 5.74) is 3.59. The van der Waals surface area contributed by atoms with Crippen molar-refractivity contribution in [2.24, 2.45) is 0 Å². The van der Waals surface area contributed by atoms with Gasteiger partial charge in [0.1, 0.15) is 5.69 Å². The van der Waals surface area contributed by atoms with Crippen LogP contribution in [0.5, 0.6) is 0 Å². The Morgan fingerprint density at radius 3 is 2.35 bits per heavy atom. The highest BCUT2D eigenvalue weighted by molar-refractivity contribution is 5.94. The Morgan fingerprint density at radius 1 is 0.968 bits per heavy atom. The second kappa shape index (κ2) is 9.38. The van der Waals surface area contributed by atoms with Gasteiger partial charge < -0.3 is 9.80 Å². The SMILES string of the molecule is CC(=O)c1ccc(N2CCN(C(=O)/C=C/c3cn(Cc4ccccc4)nn3)CC2)cc1. The first-order valence-corrected chi connectivity index (χ1v) is 10.4. The van der Waals surface area contributed by atoms with E-state index in [0.717, 1.165) is 24.3 Å². The van der Waals surface area contributed by atoms with Crippen LogP contribution in [-0.2, 0) is 11.3 Å². The number of amides is 1. The Kier molecular flexibility index (Phi) is 6.21. The molecule has 0 unspecified atom stereocenters. The van der Waals surface area contributed by atoms with Gasteiger partial charge >= 0.3 is 0 Å². The number of carbonyl (C=O) groups excluding carboxylic acids is 2. The van der Waals surface area contributed by atoms with Gasteiger partial charge in [-0.15, -0.1) is 5.10 Å². The number of piperazine rings is 1. The molecule has 1 aliphatic heterocycles. The molecule has 3 aromatic rings. The first kappa shape index (κ1) is 20.5. The lowest BCUT2D eigenvalue weighted by Crippen LogP contribution is -2.48. The molecule has 4 rings (SSSR count). The van der Waals surface area contributed by atoms with E-state index in [2.05, 4.69) is 15.2 Å². The maximum atomic E-state index is 12.6. The zero-order chi connectivity index (χ0) is 21.6. The van der Waals surface area contributed by atoms with E-state index in [9.17, 15) is 9.59 Å². The molecule has 0 atom stereocenters. The van der Waals surface area contributed by atoms with Gasteiger partial charge in [-0.05, 0) is 42.8 Å². The third-order valence-electron chi connectivity index (χ3n) is 5.37. The van der Waals surface area contributed by atoms with E-state index in [1.54, 1.807) is 23.8 Å². The lowest BCUT2D eigenvalue weighted by Gasteiger charge is -2.35. The van der Waals surface area contributed by atoms with Crippen LogP contribution >= 0.6 is 0 Å². The molecule has 0 saturated carbocycles. The van der Waals surface area contributed by atoms with Crippen molar-refractivity contribution in [3.05, 3.63) is 83.7 Å². The van der Waals surface area contributed by atoms with Gasteiger partial charge in [0.15, 0.2) is 5.78 Å². The van der Waals surface area contributed by atoms with Crippen molar-refractivity contribution >= 4 is 23.5 Å². The highest BCUT2D eigenvalue weighted by Gasteiger charge is 2.20. The van der Waals surface area contributed by atoms with E-state index in [-0.39, 0.29) is 11.7 Å². The zero-order valence-corrected chi connectivity index (χ0v) is 17.5. The van der Waals surface area contributed by atoms with Crippen LogP contribution in [0.4, 0.5) is 5.69 Å². The highest BCUT2D eigenvalue weighted by Crippen LogP contribution is 2.18. The molecule has 31 heavy (non-hydrogen) atoms. The van der Waals surface area contributed by atoms with Crippen molar-refractivity contribution in [1.29, 1.82) is 0 Å². The Labute approximate surface area is 181 Å².